The third-order valence-corrected chi connectivity index (χ3v) is 1.76. The lowest BCUT2D eigenvalue weighted by Crippen LogP contribution is -1.76. The molecule has 0 aliphatic heterocycles. The van der Waals surface area contributed by atoms with Crippen LogP contribution in [0.4, 0.5) is 0 Å². The zero-order valence-corrected chi connectivity index (χ0v) is 8.55. The van der Waals surface area contributed by atoms with Crippen LogP contribution in [0.15, 0.2) is 54.6 Å². The molecule has 0 saturated heterocycles. The number of methoxy groups -OCH3 is 1. The van der Waals surface area contributed by atoms with Crippen molar-refractivity contribution in [2.75, 3.05) is 7.11 Å². The maximum Gasteiger partial charge on any atom is 0.0924 e. The first-order chi connectivity index (χ1) is 6.83. The lowest BCUT2D eigenvalue weighted by Gasteiger charge is -1.93. The quantitative estimate of drug-likeness (QED) is 0.524. The summed E-state index contributed by atoms with van der Waals surface area (Å²) in [5, 5.41) is 0. The minimum Gasteiger partial charge on any atom is -0.501 e. The van der Waals surface area contributed by atoms with E-state index in [0.29, 0.717) is 0 Å². The highest BCUT2D eigenvalue weighted by Gasteiger charge is 1.78. The molecule has 1 heterocycles. The number of hydrogen-bond donors (Lipinski definition) is 0. The summed E-state index contributed by atoms with van der Waals surface area (Å²) in [6.45, 7) is 1.92. The Labute approximate surface area is 84.8 Å². The van der Waals surface area contributed by atoms with Crippen LogP contribution in [0.3, 0.4) is 0 Å². The summed E-state index contributed by atoms with van der Waals surface area (Å²) in [7, 11) is 1.66. The second kappa shape index (κ2) is 5.86. The van der Waals surface area contributed by atoms with Crippen LogP contribution in [0, 0.1) is 0 Å². The fraction of sp³-hybridized carbons (Fsp3) is 0.167. The van der Waals surface area contributed by atoms with Gasteiger partial charge in [0.1, 0.15) is 0 Å². The predicted octanol–water partition coefficient (Wildman–Crippen LogP) is 3.07. The SMILES string of the molecule is CO/C(C)=C/C=C\C=C\n1cccc1. The fourth-order valence-electron chi connectivity index (χ4n) is 0.920. The number of hydrogen-bond acceptors (Lipinski definition) is 1. The van der Waals surface area contributed by atoms with E-state index in [1.54, 1.807) is 7.11 Å². The Balaban J connectivity index is 2.40. The van der Waals surface area contributed by atoms with Gasteiger partial charge in [-0.15, -0.1) is 0 Å². The molecule has 1 aromatic rings. The van der Waals surface area contributed by atoms with Crippen LogP contribution in [0.2, 0.25) is 0 Å². The molecule has 0 bridgehead atoms. The summed E-state index contributed by atoms with van der Waals surface area (Å²) in [6, 6.07) is 3.98. The summed E-state index contributed by atoms with van der Waals surface area (Å²) >= 11 is 0. The Morgan fingerprint density at radius 1 is 1.14 bits per heavy atom. The molecule has 0 unspecified atom stereocenters. The molecule has 2 nitrogen and oxygen atoms in total. The smallest absolute Gasteiger partial charge is 0.0924 e. The van der Waals surface area contributed by atoms with Crippen LogP contribution in [0.5, 0.6) is 0 Å². The number of allylic oxidation sites excluding steroid dienone is 5. The minimum atomic E-state index is 0.899. The summed E-state index contributed by atoms with van der Waals surface area (Å²) < 4.78 is 6.97. The van der Waals surface area contributed by atoms with Gasteiger partial charge in [0.05, 0.1) is 12.9 Å². The maximum absolute atomic E-state index is 4.98. The van der Waals surface area contributed by atoms with Gasteiger partial charge < -0.3 is 9.30 Å². The monoisotopic (exact) mass is 189 g/mol. The summed E-state index contributed by atoms with van der Waals surface area (Å²) in [5.41, 5.74) is 0. The van der Waals surface area contributed by atoms with Gasteiger partial charge in [0.15, 0.2) is 0 Å². The highest BCUT2D eigenvalue weighted by molar-refractivity contribution is 5.29. The normalized spacial score (nSPS) is 12.9. The largest absolute Gasteiger partial charge is 0.501 e. The van der Waals surface area contributed by atoms with Crippen molar-refractivity contribution < 1.29 is 4.74 Å². The molecule has 0 fully saturated rings. The van der Waals surface area contributed by atoms with Crippen molar-refractivity contribution in [2.45, 2.75) is 6.92 Å². The topological polar surface area (TPSA) is 14.2 Å². The van der Waals surface area contributed by atoms with Crippen molar-refractivity contribution >= 4 is 6.20 Å². The molecule has 0 N–H and O–H groups in total. The highest BCUT2D eigenvalue weighted by Crippen LogP contribution is 1.94. The van der Waals surface area contributed by atoms with Gasteiger partial charge in [-0.25, -0.2) is 0 Å². The summed E-state index contributed by atoms with van der Waals surface area (Å²) in [5.74, 6) is 0.899. The van der Waals surface area contributed by atoms with Gasteiger partial charge in [-0.3, -0.25) is 0 Å². The van der Waals surface area contributed by atoms with E-state index in [9.17, 15) is 0 Å². The molecular formula is C12H15NO. The first-order valence-electron chi connectivity index (χ1n) is 4.51. The second-order valence-electron chi connectivity index (χ2n) is 2.84. The molecule has 0 amide bonds. The molecule has 0 radical (unpaired) electrons. The number of aromatic nitrogens is 1. The van der Waals surface area contributed by atoms with Gasteiger partial charge in [0, 0.05) is 18.6 Å². The van der Waals surface area contributed by atoms with E-state index >= 15 is 0 Å². The standard InChI is InChI=1S/C12H15NO/c1-12(14-2)8-4-3-5-9-13-10-6-7-11-13/h3-11H,1-2H3/b4-3-,9-5+,12-8+. The first kappa shape index (κ1) is 10.4. The van der Waals surface area contributed by atoms with Gasteiger partial charge >= 0.3 is 0 Å². The highest BCUT2D eigenvalue weighted by atomic mass is 16.5. The fourth-order valence-corrected chi connectivity index (χ4v) is 0.920. The molecule has 0 aliphatic rings. The van der Waals surface area contributed by atoms with Crippen LogP contribution in [-0.4, -0.2) is 11.7 Å². The Morgan fingerprint density at radius 2 is 1.86 bits per heavy atom. The summed E-state index contributed by atoms with van der Waals surface area (Å²) in [6.07, 6.45) is 13.7. The van der Waals surface area contributed by atoms with Crippen molar-refractivity contribution in [3.05, 3.63) is 54.6 Å². The third-order valence-electron chi connectivity index (χ3n) is 1.76. The molecule has 1 aromatic heterocycles. The second-order valence-corrected chi connectivity index (χ2v) is 2.84. The van der Waals surface area contributed by atoms with Crippen LogP contribution in [-0.2, 0) is 4.74 Å². The number of rotatable bonds is 4. The summed E-state index contributed by atoms with van der Waals surface area (Å²) in [4.78, 5) is 0. The van der Waals surface area contributed by atoms with Crippen molar-refractivity contribution in [1.29, 1.82) is 0 Å². The van der Waals surface area contributed by atoms with Crippen molar-refractivity contribution in [3.63, 3.8) is 0 Å². The lowest BCUT2D eigenvalue weighted by molar-refractivity contribution is 0.294. The Morgan fingerprint density at radius 3 is 2.50 bits per heavy atom. The molecule has 0 spiro atoms. The van der Waals surface area contributed by atoms with Crippen LogP contribution in [0.1, 0.15) is 6.92 Å². The molecule has 0 saturated carbocycles. The molecule has 14 heavy (non-hydrogen) atoms. The molecule has 1 rings (SSSR count). The zero-order valence-electron chi connectivity index (χ0n) is 8.55. The van der Waals surface area contributed by atoms with Crippen molar-refractivity contribution in [1.82, 2.24) is 4.57 Å². The maximum atomic E-state index is 4.98. The van der Waals surface area contributed by atoms with Crippen molar-refractivity contribution in [2.24, 2.45) is 0 Å². The van der Waals surface area contributed by atoms with E-state index in [4.69, 9.17) is 4.74 Å². The number of nitrogens with zero attached hydrogens (tertiary/aromatic N) is 1. The van der Waals surface area contributed by atoms with Gasteiger partial charge in [-0.2, -0.15) is 0 Å². The molecule has 2 heteroatoms. The Bertz CT molecular complexity index is 331. The number of ether oxygens (including phenoxy) is 1. The predicted molar refractivity (Wildman–Crippen MR) is 59.7 cm³/mol. The Hall–Kier alpha value is -1.70. The lowest BCUT2D eigenvalue weighted by atomic mass is 10.4. The van der Waals surface area contributed by atoms with Crippen LogP contribution < -0.4 is 0 Å². The van der Waals surface area contributed by atoms with Gasteiger partial charge in [0.25, 0.3) is 0 Å². The molecule has 74 valence electrons. The van der Waals surface area contributed by atoms with E-state index in [2.05, 4.69) is 0 Å². The van der Waals surface area contributed by atoms with E-state index in [0.717, 1.165) is 5.76 Å². The Kier molecular flexibility index (Phi) is 4.35. The molecule has 0 aliphatic carbocycles. The van der Waals surface area contributed by atoms with Crippen LogP contribution in [0.25, 0.3) is 6.20 Å². The minimum absolute atomic E-state index is 0.899. The van der Waals surface area contributed by atoms with E-state index in [-0.39, 0.29) is 0 Å². The van der Waals surface area contributed by atoms with E-state index in [1.807, 2.05) is 66.5 Å². The van der Waals surface area contributed by atoms with Gasteiger partial charge in [-0.1, -0.05) is 12.2 Å². The van der Waals surface area contributed by atoms with Crippen molar-refractivity contribution in [3.8, 4) is 0 Å². The zero-order chi connectivity index (χ0) is 10.2. The van der Waals surface area contributed by atoms with E-state index < -0.39 is 0 Å². The van der Waals surface area contributed by atoms with Gasteiger partial charge in [-0.05, 0) is 31.2 Å². The molecule has 0 aromatic carbocycles. The van der Waals surface area contributed by atoms with Gasteiger partial charge in [0.2, 0.25) is 0 Å². The first-order valence-corrected chi connectivity index (χ1v) is 4.51. The average molecular weight is 189 g/mol. The molecule has 0 atom stereocenters. The van der Waals surface area contributed by atoms with E-state index in [1.165, 1.54) is 0 Å². The van der Waals surface area contributed by atoms with Crippen LogP contribution >= 0.6 is 0 Å². The average Bonchev–Trinajstić information content (AvgIpc) is 2.69. The molecular weight excluding hydrogens is 174 g/mol. The third kappa shape index (κ3) is 3.81.